The first-order chi connectivity index (χ1) is 8.78. The number of hydrogen-bond donors (Lipinski definition) is 0. The molecule has 1 aliphatic rings. The molecule has 5 heteroatoms. The highest BCUT2D eigenvalue weighted by molar-refractivity contribution is 7.98. The maximum absolute atomic E-state index is 12.1. The van der Waals surface area contributed by atoms with Crippen LogP contribution in [0.1, 0.15) is 5.56 Å². The van der Waals surface area contributed by atoms with Gasteiger partial charge in [-0.3, -0.25) is 14.4 Å². The molecule has 0 atom stereocenters. The molecule has 0 saturated carbocycles. The third-order valence-corrected chi connectivity index (χ3v) is 4.66. The zero-order valence-corrected chi connectivity index (χ0v) is 11.6. The average Bonchev–Trinajstić information content (AvgIpc) is 2.95. The molecule has 0 amide bonds. The minimum Gasteiger partial charge on any atom is -0.282 e. The minimum absolute atomic E-state index is 0.0881. The third kappa shape index (κ3) is 2.04. The Morgan fingerprint density at radius 3 is 2.83 bits per heavy atom. The van der Waals surface area contributed by atoms with E-state index in [1.165, 1.54) is 16.2 Å². The number of nitrogens with zero attached hydrogens (tertiary/aromatic N) is 2. The molecule has 3 rings (SSSR count). The summed E-state index contributed by atoms with van der Waals surface area (Å²) in [6, 6.07) is 8.22. The van der Waals surface area contributed by atoms with E-state index in [0.29, 0.717) is 0 Å². The molecule has 1 aromatic heterocycles. The highest BCUT2D eigenvalue weighted by Crippen LogP contribution is 2.14. The molecule has 0 fully saturated rings. The predicted molar refractivity (Wildman–Crippen MR) is 76.0 cm³/mol. The van der Waals surface area contributed by atoms with Crippen molar-refractivity contribution in [3.05, 3.63) is 49.5 Å². The fraction of sp³-hybridized carbons (Fsp3) is 0.231. The summed E-state index contributed by atoms with van der Waals surface area (Å²) in [7, 11) is 0. The third-order valence-electron chi connectivity index (χ3n) is 2.87. The molecule has 92 valence electrons. The zero-order chi connectivity index (χ0) is 12.5. The van der Waals surface area contributed by atoms with E-state index in [2.05, 4.69) is 23.4 Å². The fourth-order valence-electron chi connectivity index (χ4n) is 1.92. The molecular formula is C13H12N2OS2. The number of hydrogen-bond acceptors (Lipinski definition) is 4. The summed E-state index contributed by atoms with van der Waals surface area (Å²) in [6.45, 7) is 1.47. The van der Waals surface area contributed by atoms with Gasteiger partial charge in [-0.25, -0.2) is 0 Å². The predicted octanol–water partition coefficient (Wildman–Crippen LogP) is 1.09. The number of rotatable bonds is 2. The van der Waals surface area contributed by atoms with Gasteiger partial charge < -0.3 is 0 Å². The SMILES string of the molecule is CSc1ccc(/C=c2/sc3n(c2=O)CCN=3)cc1. The van der Waals surface area contributed by atoms with E-state index in [9.17, 15) is 4.79 Å². The Bertz CT molecular complexity index is 741. The van der Waals surface area contributed by atoms with Crippen LogP contribution in [0.2, 0.25) is 0 Å². The molecule has 0 saturated heterocycles. The molecule has 2 aromatic rings. The molecule has 0 bridgehead atoms. The lowest BCUT2D eigenvalue weighted by Gasteiger charge is -1.95. The van der Waals surface area contributed by atoms with Crippen LogP contribution >= 0.6 is 23.1 Å². The Kier molecular flexibility index (Phi) is 3.09. The maximum Gasteiger partial charge on any atom is 0.270 e. The van der Waals surface area contributed by atoms with Crippen LogP contribution in [0.15, 0.2) is 38.9 Å². The Balaban J connectivity index is 2.09. The van der Waals surface area contributed by atoms with Crippen molar-refractivity contribution in [1.29, 1.82) is 0 Å². The lowest BCUT2D eigenvalue weighted by atomic mass is 10.2. The largest absolute Gasteiger partial charge is 0.282 e. The van der Waals surface area contributed by atoms with E-state index < -0.39 is 0 Å². The minimum atomic E-state index is 0.0881. The van der Waals surface area contributed by atoms with Gasteiger partial charge in [-0.15, -0.1) is 11.8 Å². The monoisotopic (exact) mass is 276 g/mol. The van der Waals surface area contributed by atoms with E-state index in [1.54, 1.807) is 16.3 Å². The number of thioether (sulfide) groups is 1. The summed E-state index contributed by atoms with van der Waals surface area (Å²) in [5, 5.41) is 0. The van der Waals surface area contributed by atoms with Crippen LogP contribution in [0.5, 0.6) is 0 Å². The van der Waals surface area contributed by atoms with Crippen LogP contribution in [0.4, 0.5) is 0 Å². The summed E-state index contributed by atoms with van der Waals surface area (Å²) in [5.41, 5.74) is 1.15. The Morgan fingerprint density at radius 2 is 2.17 bits per heavy atom. The van der Waals surface area contributed by atoms with E-state index in [1.807, 2.05) is 18.2 Å². The van der Waals surface area contributed by atoms with Gasteiger partial charge in [0.15, 0.2) is 4.80 Å². The molecule has 3 nitrogen and oxygen atoms in total. The second-order valence-corrected chi connectivity index (χ2v) is 5.89. The molecule has 0 N–H and O–H groups in total. The van der Waals surface area contributed by atoms with Crippen molar-refractivity contribution in [2.45, 2.75) is 11.4 Å². The highest BCUT2D eigenvalue weighted by Gasteiger charge is 2.09. The van der Waals surface area contributed by atoms with Gasteiger partial charge in [-0.1, -0.05) is 23.5 Å². The Labute approximate surface area is 113 Å². The summed E-state index contributed by atoms with van der Waals surface area (Å²) in [6.07, 6.45) is 3.99. The van der Waals surface area contributed by atoms with Gasteiger partial charge in [0.1, 0.15) is 0 Å². The van der Waals surface area contributed by atoms with Crippen molar-refractivity contribution >= 4 is 29.2 Å². The van der Waals surface area contributed by atoms with Crippen molar-refractivity contribution in [1.82, 2.24) is 4.57 Å². The standard InChI is InChI=1S/C13H12N2OS2/c1-17-10-4-2-9(3-5-10)8-11-12(16)15-7-6-14-13(15)18-11/h2-5,8H,6-7H2,1H3/b11-8+. The molecular weight excluding hydrogens is 264 g/mol. The molecule has 0 spiro atoms. The molecule has 2 heterocycles. The molecule has 18 heavy (non-hydrogen) atoms. The van der Waals surface area contributed by atoms with Crippen molar-refractivity contribution in [2.24, 2.45) is 4.99 Å². The van der Waals surface area contributed by atoms with Crippen molar-refractivity contribution < 1.29 is 0 Å². The molecule has 1 aromatic carbocycles. The molecule has 0 aliphatic carbocycles. The van der Waals surface area contributed by atoms with Gasteiger partial charge in [0.25, 0.3) is 5.56 Å². The quantitative estimate of drug-likeness (QED) is 0.770. The highest BCUT2D eigenvalue weighted by atomic mass is 32.2. The van der Waals surface area contributed by atoms with Crippen LogP contribution in [-0.2, 0) is 6.54 Å². The van der Waals surface area contributed by atoms with Crippen molar-refractivity contribution in [3.8, 4) is 0 Å². The van der Waals surface area contributed by atoms with Gasteiger partial charge >= 0.3 is 0 Å². The first-order valence-corrected chi connectivity index (χ1v) is 7.72. The van der Waals surface area contributed by atoms with E-state index in [-0.39, 0.29) is 5.56 Å². The topological polar surface area (TPSA) is 34.4 Å². The van der Waals surface area contributed by atoms with E-state index >= 15 is 0 Å². The van der Waals surface area contributed by atoms with E-state index in [0.717, 1.165) is 28.0 Å². The summed E-state index contributed by atoms with van der Waals surface area (Å²) < 4.78 is 2.53. The number of fused-ring (bicyclic) bond motifs is 1. The van der Waals surface area contributed by atoms with Gasteiger partial charge in [-0.05, 0) is 30.0 Å². The van der Waals surface area contributed by atoms with Gasteiger partial charge in [0.05, 0.1) is 11.1 Å². The van der Waals surface area contributed by atoms with Crippen LogP contribution in [-0.4, -0.2) is 17.4 Å². The number of thiazole rings is 1. The summed E-state index contributed by atoms with van der Waals surface area (Å²) in [4.78, 5) is 18.5. The Hall–Kier alpha value is -1.33. The van der Waals surface area contributed by atoms with E-state index in [4.69, 9.17) is 0 Å². The van der Waals surface area contributed by atoms with Crippen LogP contribution < -0.4 is 14.9 Å². The summed E-state index contributed by atoms with van der Waals surface area (Å²) in [5.74, 6) is 0. The number of benzene rings is 1. The first kappa shape index (κ1) is 11.7. The molecule has 0 unspecified atom stereocenters. The molecule has 0 radical (unpaired) electrons. The maximum atomic E-state index is 12.1. The van der Waals surface area contributed by atoms with Crippen LogP contribution in [0.3, 0.4) is 0 Å². The smallest absolute Gasteiger partial charge is 0.270 e. The average molecular weight is 276 g/mol. The van der Waals surface area contributed by atoms with Gasteiger partial charge in [0.2, 0.25) is 0 Å². The second kappa shape index (κ2) is 4.74. The normalized spacial score (nSPS) is 14.6. The Morgan fingerprint density at radius 1 is 1.39 bits per heavy atom. The lowest BCUT2D eigenvalue weighted by Crippen LogP contribution is -2.29. The molecule has 1 aliphatic heterocycles. The van der Waals surface area contributed by atoms with Crippen LogP contribution in [0.25, 0.3) is 6.08 Å². The lowest BCUT2D eigenvalue weighted by molar-refractivity contribution is 0.740. The summed E-state index contributed by atoms with van der Waals surface area (Å²) >= 11 is 3.19. The number of aromatic nitrogens is 1. The van der Waals surface area contributed by atoms with Crippen molar-refractivity contribution in [2.75, 3.05) is 12.8 Å². The van der Waals surface area contributed by atoms with Crippen molar-refractivity contribution in [3.63, 3.8) is 0 Å². The fourth-order valence-corrected chi connectivity index (χ4v) is 3.36. The van der Waals surface area contributed by atoms with Gasteiger partial charge in [-0.2, -0.15) is 0 Å². The first-order valence-electron chi connectivity index (χ1n) is 5.68. The zero-order valence-electron chi connectivity index (χ0n) is 9.92. The van der Waals surface area contributed by atoms with Gasteiger partial charge in [0, 0.05) is 11.4 Å². The second-order valence-electron chi connectivity index (χ2n) is 4.00. The van der Waals surface area contributed by atoms with Crippen LogP contribution in [0, 0.1) is 0 Å².